The van der Waals surface area contributed by atoms with Crippen LogP contribution < -0.4 is 11.5 Å². The van der Waals surface area contributed by atoms with E-state index in [0.29, 0.717) is 6.54 Å². The number of aryl methyl sites for hydroxylation is 1. The molecule has 0 aromatic carbocycles. The second-order valence-electron chi connectivity index (χ2n) is 2.95. The third-order valence-electron chi connectivity index (χ3n) is 1.87. The molecular weight excluding hydrogens is 152 g/mol. The Bertz CT molecular complexity index is 195. The van der Waals surface area contributed by atoms with Crippen LogP contribution in [0.2, 0.25) is 0 Å². The van der Waals surface area contributed by atoms with Gasteiger partial charge in [0.2, 0.25) is 0 Å². The lowest BCUT2D eigenvalue weighted by molar-refractivity contribution is 0.587. The lowest BCUT2D eigenvalue weighted by atomic mass is 10.1. The molecule has 0 spiro atoms. The van der Waals surface area contributed by atoms with Crippen LogP contribution in [0.1, 0.15) is 18.5 Å². The van der Waals surface area contributed by atoms with E-state index in [1.54, 1.807) is 0 Å². The predicted octanol–water partition coefficient (Wildman–Crippen LogP) is 0.0184. The molecule has 68 valence electrons. The lowest BCUT2D eigenvalue weighted by Gasteiger charge is -2.06. The molecule has 1 heterocycles. The molecule has 0 aliphatic rings. The molecule has 0 saturated carbocycles. The monoisotopic (exact) mass is 168 g/mol. The van der Waals surface area contributed by atoms with Crippen LogP contribution in [0.25, 0.3) is 0 Å². The van der Waals surface area contributed by atoms with E-state index < -0.39 is 0 Å². The first kappa shape index (κ1) is 9.22. The molecule has 0 radical (unpaired) electrons. The van der Waals surface area contributed by atoms with Gasteiger partial charge < -0.3 is 11.5 Å². The van der Waals surface area contributed by atoms with Crippen LogP contribution in [0, 0.1) is 0 Å². The Hall–Kier alpha value is -0.870. The van der Waals surface area contributed by atoms with Crippen molar-refractivity contribution < 1.29 is 0 Å². The number of nitrogens with two attached hydrogens (primary N) is 2. The molecule has 1 unspecified atom stereocenters. The van der Waals surface area contributed by atoms with Gasteiger partial charge in [0.1, 0.15) is 0 Å². The summed E-state index contributed by atoms with van der Waals surface area (Å²) in [6.45, 7) is 0.570. The fourth-order valence-corrected chi connectivity index (χ4v) is 1.09. The summed E-state index contributed by atoms with van der Waals surface area (Å²) in [7, 11) is 0. The molecule has 4 nitrogen and oxygen atoms in total. The SMILES string of the molecule is NCC(N)CCCc1cc[nH]n1. The lowest BCUT2D eigenvalue weighted by Crippen LogP contribution is -2.29. The number of rotatable bonds is 5. The van der Waals surface area contributed by atoms with Crippen molar-refractivity contribution in [3.8, 4) is 0 Å². The van der Waals surface area contributed by atoms with Crippen LogP contribution >= 0.6 is 0 Å². The van der Waals surface area contributed by atoms with Gasteiger partial charge >= 0.3 is 0 Å². The van der Waals surface area contributed by atoms with Crippen molar-refractivity contribution in [3.05, 3.63) is 18.0 Å². The number of aromatic amines is 1. The average molecular weight is 168 g/mol. The second-order valence-corrected chi connectivity index (χ2v) is 2.95. The minimum absolute atomic E-state index is 0.143. The fraction of sp³-hybridized carbons (Fsp3) is 0.625. The summed E-state index contributed by atoms with van der Waals surface area (Å²) >= 11 is 0. The van der Waals surface area contributed by atoms with Gasteiger partial charge in [-0.05, 0) is 25.3 Å². The van der Waals surface area contributed by atoms with Gasteiger partial charge in [0.25, 0.3) is 0 Å². The minimum atomic E-state index is 0.143. The number of aromatic nitrogens is 2. The Kier molecular flexibility index (Phi) is 3.76. The van der Waals surface area contributed by atoms with E-state index in [1.807, 2.05) is 12.3 Å². The summed E-state index contributed by atoms with van der Waals surface area (Å²) < 4.78 is 0. The third-order valence-corrected chi connectivity index (χ3v) is 1.87. The minimum Gasteiger partial charge on any atom is -0.329 e. The number of nitrogens with zero attached hydrogens (tertiary/aromatic N) is 1. The molecule has 0 fully saturated rings. The normalized spacial score (nSPS) is 13.2. The first-order valence-electron chi connectivity index (χ1n) is 4.27. The molecule has 0 bridgehead atoms. The summed E-state index contributed by atoms with van der Waals surface area (Å²) in [4.78, 5) is 0. The fourth-order valence-electron chi connectivity index (χ4n) is 1.09. The maximum atomic E-state index is 5.66. The highest BCUT2D eigenvalue weighted by Crippen LogP contribution is 2.01. The molecule has 4 heteroatoms. The number of nitrogens with one attached hydrogen (secondary N) is 1. The quantitative estimate of drug-likeness (QED) is 0.579. The molecule has 5 N–H and O–H groups in total. The van der Waals surface area contributed by atoms with E-state index in [2.05, 4.69) is 10.2 Å². The summed E-state index contributed by atoms with van der Waals surface area (Å²) in [5.74, 6) is 0. The van der Waals surface area contributed by atoms with Gasteiger partial charge in [-0.15, -0.1) is 0 Å². The van der Waals surface area contributed by atoms with Gasteiger partial charge in [0.15, 0.2) is 0 Å². The molecule has 1 aromatic heterocycles. The van der Waals surface area contributed by atoms with E-state index in [4.69, 9.17) is 11.5 Å². The summed E-state index contributed by atoms with van der Waals surface area (Å²) in [6, 6.07) is 2.12. The Morgan fingerprint density at radius 2 is 2.42 bits per heavy atom. The largest absolute Gasteiger partial charge is 0.329 e. The third kappa shape index (κ3) is 3.02. The van der Waals surface area contributed by atoms with Crippen molar-refractivity contribution in [2.24, 2.45) is 11.5 Å². The maximum Gasteiger partial charge on any atom is 0.0622 e. The molecule has 0 amide bonds. The van der Waals surface area contributed by atoms with Crippen LogP contribution in [0.4, 0.5) is 0 Å². The van der Waals surface area contributed by atoms with Crippen molar-refractivity contribution in [2.75, 3.05) is 6.54 Å². The molecule has 1 rings (SSSR count). The maximum absolute atomic E-state index is 5.66. The summed E-state index contributed by atoms with van der Waals surface area (Å²) in [5.41, 5.74) is 12.1. The average Bonchev–Trinajstić information content (AvgIpc) is 2.57. The summed E-state index contributed by atoms with van der Waals surface area (Å²) in [5, 5.41) is 6.82. The van der Waals surface area contributed by atoms with E-state index in [0.717, 1.165) is 25.0 Å². The van der Waals surface area contributed by atoms with Crippen molar-refractivity contribution in [3.63, 3.8) is 0 Å². The van der Waals surface area contributed by atoms with Gasteiger partial charge in [-0.1, -0.05) is 0 Å². The van der Waals surface area contributed by atoms with Crippen LogP contribution in [-0.4, -0.2) is 22.8 Å². The van der Waals surface area contributed by atoms with Crippen molar-refractivity contribution in [2.45, 2.75) is 25.3 Å². The second kappa shape index (κ2) is 4.90. The Morgan fingerprint density at radius 3 is 3.00 bits per heavy atom. The molecular formula is C8H16N4. The van der Waals surface area contributed by atoms with Gasteiger partial charge in [-0.25, -0.2) is 0 Å². The number of hydrogen-bond donors (Lipinski definition) is 3. The Labute approximate surface area is 72.3 Å². The van der Waals surface area contributed by atoms with E-state index >= 15 is 0 Å². The zero-order valence-electron chi connectivity index (χ0n) is 7.16. The summed E-state index contributed by atoms with van der Waals surface area (Å²) in [6.07, 6.45) is 4.85. The van der Waals surface area contributed by atoms with Crippen molar-refractivity contribution in [1.82, 2.24) is 10.2 Å². The van der Waals surface area contributed by atoms with Gasteiger partial charge in [0.05, 0.1) is 5.69 Å². The highest BCUT2D eigenvalue weighted by molar-refractivity contribution is 4.97. The van der Waals surface area contributed by atoms with Crippen molar-refractivity contribution in [1.29, 1.82) is 0 Å². The smallest absolute Gasteiger partial charge is 0.0622 e. The zero-order valence-corrected chi connectivity index (χ0v) is 7.16. The topological polar surface area (TPSA) is 80.7 Å². The highest BCUT2D eigenvalue weighted by atomic mass is 15.1. The van der Waals surface area contributed by atoms with Gasteiger partial charge in [-0.2, -0.15) is 5.10 Å². The van der Waals surface area contributed by atoms with Gasteiger partial charge in [-0.3, -0.25) is 5.10 Å². The molecule has 0 saturated heterocycles. The number of H-pyrrole nitrogens is 1. The molecule has 12 heavy (non-hydrogen) atoms. The molecule has 0 aliphatic carbocycles. The standard InChI is InChI=1S/C8H16N4/c9-6-7(10)2-1-3-8-4-5-11-12-8/h4-5,7H,1-3,6,9-10H2,(H,11,12). The Morgan fingerprint density at radius 1 is 1.58 bits per heavy atom. The first-order chi connectivity index (χ1) is 5.83. The van der Waals surface area contributed by atoms with E-state index in [-0.39, 0.29) is 6.04 Å². The molecule has 1 atom stereocenters. The van der Waals surface area contributed by atoms with Crippen molar-refractivity contribution >= 4 is 0 Å². The molecule has 0 aliphatic heterocycles. The Balaban J connectivity index is 2.11. The van der Waals surface area contributed by atoms with E-state index in [1.165, 1.54) is 0 Å². The van der Waals surface area contributed by atoms with Gasteiger partial charge in [0, 0.05) is 18.8 Å². The molecule has 1 aromatic rings. The zero-order chi connectivity index (χ0) is 8.81. The van der Waals surface area contributed by atoms with Crippen LogP contribution in [-0.2, 0) is 6.42 Å². The predicted molar refractivity (Wildman–Crippen MR) is 48.6 cm³/mol. The van der Waals surface area contributed by atoms with Crippen LogP contribution in [0.3, 0.4) is 0 Å². The van der Waals surface area contributed by atoms with Crippen LogP contribution in [0.15, 0.2) is 12.3 Å². The highest BCUT2D eigenvalue weighted by Gasteiger charge is 2.00. The van der Waals surface area contributed by atoms with E-state index in [9.17, 15) is 0 Å². The number of hydrogen-bond acceptors (Lipinski definition) is 3. The first-order valence-corrected chi connectivity index (χ1v) is 4.27. The van der Waals surface area contributed by atoms with Crippen LogP contribution in [0.5, 0.6) is 0 Å².